The number of benzene rings is 8. The topological polar surface area (TPSA) is 31.6 Å². The van der Waals surface area contributed by atoms with Gasteiger partial charge < -0.3 is 23.5 Å². The second-order valence-electron chi connectivity index (χ2n) is 14.5. The normalized spacial score (nSPS) is 13.4. The molecule has 0 saturated carbocycles. The molecule has 0 aliphatic carbocycles. The molecular formula is C48H28BN3O2. The molecule has 8 aromatic carbocycles. The third-order valence-electron chi connectivity index (χ3n) is 11.7. The van der Waals surface area contributed by atoms with Crippen LogP contribution in [-0.4, -0.2) is 15.8 Å². The SMILES string of the molecule is c1cc(N2c3cccc4c3B3c5c(cc(-n6c7ccccc7c7ccccc76)cc5Oc5cccc2c53)O4)cc(-n2c3ccccc3c3ccccc32)c1. The summed E-state index contributed by atoms with van der Waals surface area (Å²) >= 11 is 0. The van der Waals surface area contributed by atoms with Crippen LogP contribution in [0.4, 0.5) is 17.1 Å². The van der Waals surface area contributed by atoms with E-state index in [0.717, 1.165) is 67.9 Å². The summed E-state index contributed by atoms with van der Waals surface area (Å²) in [6.45, 7) is -0.0288. The second-order valence-corrected chi connectivity index (χ2v) is 14.5. The molecule has 3 aliphatic heterocycles. The summed E-state index contributed by atoms with van der Waals surface area (Å²) in [4.78, 5) is 2.39. The van der Waals surface area contributed by atoms with E-state index >= 15 is 0 Å². The quantitative estimate of drug-likeness (QED) is 0.173. The first-order valence-electron chi connectivity index (χ1n) is 18.5. The minimum atomic E-state index is -0.0288. The van der Waals surface area contributed by atoms with Crippen LogP contribution in [0, 0.1) is 0 Å². The Morgan fingerprint density at radius 1 is 0.333 bits per heavy atom. The Labute approximate surface area is 310 Å². The molecule has 2 aromatic heterocycles. The van der Waals surface area contributed by atoms with E-state index in [1.807, 2.05) is 0 Å². The van der Waals surface area contributed by atoms with Crippen LogP contribution in [0.15, 0.2) is 170 Å². The van der Waals surface area contributed by atoms with Crippen molar-refractivity contribution < 1.29 is 9.47 Å². The molecule has 6 heteroatoms. The Balaban J connectivity index is 1.01. The molecule has 0 fully saturated rings. The zero-order valence-corrected chi connectivity index (χ0v) is 28.9. The highest BCUT2D eigenvalue weighted by atomic mass is 16.5. The van der Waals surface area contributed by atoms with Gasteiger partial charge in [0.2, 0.25) is 0 Å². The number of hydrogen-bond acceptors (Lipinski definition) is 3. The van der Waals surface area contributed by atoms with Crippen LogP contribution in [0.25, 0.3) is 55.0 Å². The Morgan fingerprint density at radius 2 is 0.759 bits per heavy atom. The predicted octanol–water partition coefficient (Wildman–Crippen LogP) is 10.4. The molecular weight excluding hydrogens is 661 g/mol. The van der Waals surface area contributed by atoms with Gasteiger partial charge in [0.1, 0.15) is 23.0 Å². The van der Waals surface area contributed by atoms with Crippen LogP contribution in [0.3, 0.4) is 0 Å². The lowest BCUT2D eigenvalue weighted by Gasteiger charge is -2.42. The van der Waals surface area contributed by atoms with E-state index in [2.05, 4.69) is 184 Å². The van der Waals surface area contributed by atoms with Gasteiger partial charge in [0, 0.05) is 61.9 Å². The van der Waals surface area contributed by atoms with Gasteiger partial charge in [0.25, 0.3) is 6.71 Å². The number of fused-ring (bicyclic) bond motifs is 6. The lowest BCUT2D eigenvalue weighted by atomic mass is 9.33. The molecule has 0 atom stereocenters. The molecule has 13 rings (SSSR count). The van der Waals surface area contributed by atoms with E-state index in [-0.39, 0.29) is 6.71 Å². The van der Waals surface area contributed by atoms with E-state index < -0.39 is 0 Å². The highest BCUT2D eigenvalue weighted by Crippen LogP contribution is 2.47. The minimum Gasteiger partial charge on any atom is -0.458 e. The summed E-state index contributed by atoms with van der Waals surface area (Å²) in [5.41, 5.74) is 13.5. The van der Waals surface area contributed by atoms with E-state index in [4.69, 9.17) is 9.47 Å². The number of rotatable bonds is 3. The summed E-state index contributed by atoms with van der Waals surface area (Å²) in [5.74, 6) is 3.42. The molecule has 0 N–H and O–H groups in total. The number of para-hydroxylation sites is 4. The molecule has 5 heterocycles. The number of hydrogen-bond donors (Lipinski definition) is 0. The molecule has 5 nitrogen and oxygen atoms in total. The monoisotopic (exact) mass is 689 g/mol. The first-order chi connectivity index (χ1) is 26.8. The maximum atomic E-state index is 6.95. The van der Waals surface area contributed by atoms with Crippen molar-refractivity contribution in [3.05, 3.63) is 170 Å². The Morgan fingerprint density at radius 3 is 1.26 bits per heavy atom. The van der Waals surface area contributed by atoms with Crippen molar-refractivity contribution in [1.82, 2.24) is 9.13 Å². The van der Waals surface area contributed by atoms with Gasteiger partial charge in [0.15, 0.2) is 0 Å². The van der Waals surface area contributed by atoms with Crippen molar-refractivity contribution in [1.29, 1.82) is 0 Å². The summed E-state index contributed by atoms with van der Waals surface area (Å²) in [5, 5.41) is 4.94. The Kier molecular flexibility index (Phi) is 5.39. The van der Waals surface area contributed by atoms with Crippen LogP contribution in [0.5, 0.6) is 23.0 Å². The predicted molar refractivity (Wildman–Crippen MR) is 221 cm³/mol. The van der Waals surface area contributed by atoms with Gasteiger partial charge in [-0.05, 0) is 77.7 Å². The third-order valence-corrected chi connectivity index (χ3v) is 11.7. The summed E-state index contributed by atoms with van der Waals surface area (Å²) in [6.07, 6.45) is 0. The van der Waals surface area contributed by atoms with Crippen molar-refractivity contribution in [2.24, 2.45) is 0 Å². The molecule has 0 amide bonds. The molecule has 0 spiro atoms. The first kappa shape index (κ1) is 28.4. The molecule has 54 heavy (non-hydrogen) atoms. The molecule has 0 bridgehead atoms. The Bertz CT molecular complexity index is 3080. The number of aromatic nitrogens is 2. The summed E-state index contributed by atoms with van der Waals surface area (Å²) in [7, 11) is 0. The zero-order chi connectivity index (χ0) is 35.1. The largest absolute Gasteiger partial charge is 0.458 e. The standard InChI is InChI=1S/C48H28BN3O2/c1-5-18-36-32(14-1)33-15-2-6-19-37(33)50(36)29-12-9-13-30(26-29)51-40-22-10-24-42-46(40)49-47-41(51)23-11-25-43(47)54-45-28-31(27-44(53-42)48(45)49)52-38-20-7-3-16-34(38)35-17-4-8-21-39(35)52/h1-28H. The Hall–Kier alpha value is -7.18. The first-order valence-corrected chi connectivity index (χ1v) is 18.5. The fourth-order valence-corrected chi connectivity index (χ4v) is 9.63. The highest BCUT2D eigenvalue weighted by Gasteiger charge is 2.47. The van der Waals surface area contributed by atoms with Crippen LogP contribution >= 0.6 is 0 Å². The minimum absolute atomic E-state index is 0.0288. The van der Waals surface area contributed by atoms with E-state index in [0.29, 0.717) is 0 Å². The van der Waals surface area contributed by atoms with Crippen molar-refractivity contribution in [3.63, 3.8) is 0 Å². The third kappa shape index (κ3) is 3.59. The van der Waals surface area contributed by atoms with Gasteiger partial charge in [-0.1, -0.05) is 91.0 Å². The van der Waals surface area contributed by atoms with Crippen LogP contribution in [-0.2, 0) is 0 Å². The second kappa shape index (κ2) is 10.2. The van der Waals surface area contributed by atoms with Gasteiger partial charge in [-0.2, -0.15) is 0 Å². The molecule has 250 valence electrons. The molecule has 0 radical (unpaired) electrons. The average molecular weight is 690 g/mol. The van der Waals surface area contributed by atoms with E-state index in [1.165, 1.54) is 43.5 Å². The van der Waals surface area contributed by atoms with Crippen molar-refractivity contribution in [3.8, 4) is 34.4 Å². The maximum Gasteiger partial charge on any atom is 0.266 e. The molecule has 3 aliphatic rings. The number of nitrogens with zero attached hydrogens (tertiary/aromatic N) is 3. The summed E-state index contributed by atoms with van der Waals surface area (Å²) < 4.78 is 18.6. The highest BCUT2D eigenvalue weighted by molar-refractivity contribution is 7.00. The van der Waals surface area contributed by atoms with E-state index in [1.54, 1.807) is 0 Å². The maximum absolute atomic E-state index is 6.95. The molecule has 10 aromatic rings. The van der Waals surface area contributed by atoms with Crippen molar-refractivity contribution in [2.75, 3.05) is 4.90 Å². The molecule has 0 unspecified atom stereocenters. The number of anilines is 3. The van der Waals surface area contributed by atoms with Crippen molar-refractivity contribution in [2.45, 2.75) is 0 Å². The van der Waals surface area contributed by atoms with E-state index in [9.17, 15) is 0 Å². The fourth-order valence-electron chi connectivity index (χ4n) is 9.63. The summed E-state index contributed by atoms with van der Waals surface area (Å²) in [6, 6.07) is 60.8. The zero-order valence-electron chi connectivity index (χ0n) is 28.9. The lowest BCUT2D eigenvalue weighted by Crippen LogP contribution is -2.61. The van der Waals surface area contributed by atoms with Crippen molar-refractivity contribution >= 4 is 83.8 Å². The average Bonchev–Trinajstić information content (AvgIpc) is 3.74. The lowest BCUT2D eigenvalue weighted by molar-refractivity contribution is 0.464. The van der Waals surface area contributed by atoms with Gasteiger partial charge in [-0.15, -0.1) is 0 Å². The molecule has 0 saturated heterocycles. The smallest absolute Gasteiger partial charge is 0.266 e. The van der Waals surface area contributed by atoms with Gasteiger partial charge in [-0.25, -0.2) is 0 Å². The fraction of sp³-hybridized carbons (Fsp3) is 0. The number of ether oxygens (including phenoxy) is 2. The van der Waals surface area contributed by atoms with Crippen LogP contribution < -0.4 is 30.8 Å². The van der Waals surface area contributed by atoms with Gasteiger partial charge >= 0.3 is 0 Å². The van der Waals surface area contributed by atoms with Crippen LogP contribution in [0.2, 0.25) is 0 Å². The van der Waals surface area contributed by atoms with Gasteiger partial charge in [0.05, 0.1) is 27.8 Å². The van der Waals surface area contributed by atoms with Crippen LogP contribution in [0.1, 0.15) is 0 Å². The van der Waals surface area contributed by atoms with Gasteiger partial charge in [-0.3, -0.25) is 0 Å².